The number of pyridine rings is 1. The molecule has 1 aromatic carbocycles. The highest BCUT2D eigenvalue weighted by Gasteiger charge is 2.47. The van der Waals surface area contributed by atoms with Gasteiger partial charge in [0, 0.05) is 19.0 Å². The molecule has 0 bridgehead atoms. The molecular formula is C24H20ClFN6O2. The van der Waals surface area contributed by atoms with Gasteiger partial charge in [0.1, 0.15) is 17.9 Å². The van der Waals surface area contributed by atoms with Crippen molar-refractivity contribution in [3.05, 3.63) is 59.7 Å². The van der Waals surface area contributed by atoms with Crippen molar-refractivity contribution in [3.8, 4) is 11.9 Å². The van der Waals surface area contributed by atoms with Crippen LogP contribution in [0.2, 0.25) is 5.02 Å². The first-order valence-electron chi connectivity index (χ1n) is 10.8. The number of benzene rings is 1. The van der Waals surface area contributed by atoms with Gasteiger partial charge in [0.25, 0.3) is 0 Å². The first kappa shape index (κ1) is 22.0. The second-order valence-corrected chi connectivity index (χ2v) is 8.74. The van der Waals surface area contributed by atoms with Crippen molar-refractivity contribution in [2.75, 3.05) is 18.4 Å². The second kappa shape index (κ2) is 8.54. The molecule has 0 spiro atoms. The van der Waals surface area contributed by atoms with E-state index < -0.39 is 11.2 Å². The second-order valence-electron chi connectivity index (χ2n) is 8.36. The standard InChI is InChI=1S/C24H20ClFN6O2/c1-2-19(33)32-10-7-14(11-32)34-18-6-5-17-22(31-18)23(29-13-28-17)30-16-4-3-15(20(25)21(16)26)24(12-27)8-9-24/h2-6,13-14H,1,7-11H2,(H,28,29,30)/t14-/m0/s1. The van der Waals surface area contributed by atoms with E-state index >= 15 is 4.39 Å². The Labute approximate surface area is 200 Å². The van der Waals surface area contributed by atoms with E-state index in [-0.39, 0.29) is 28.5 Å². The summed E-state index contributed by atoms with van der Waals surface area (Å²) < 4.78 is 21.1. The Morgan fingerprint density at radius 1 is 1.35 bits per heavy atom. The van der Waals surface area contributed by atoms with Crippen molar-refractivity contribution in [1.29, 1.82) is 5.26 Å². The fourth-order valence-corrected chi connectivity index (χ4v) is 4.46. The third-order valence-corrected chi connectivity index (χ3v) is 6.56. The van der Waals surface area contributed by atoms with Gasteiger partial charge in [-0.3, -0.25) is 4.79 Å². The van der Waals surface area contributed by atoms with Crippen LogP contribution >= 0.6 is 11.6 Å². The van der Waals surface area contributed by atoms with E-state index in [2.05, 4.69) is 32.9 Å². The Morgan fingerprint density at radius 2 is 2.18 bits per heavy atom. The van der Waals surface area contributed by atoms with Gasteiger partial charge in [-0.2, -0.15) is 5.26 Å². The van der Waals surface area contributed by atoms with Crippen molar-refractivity contribution in [2.45, 2.75) is 30.8 Å². The summed E-state index contributed by atoms with van der Waals surface area (Å²) >= 11 is 6.28. The largest absolute Gasteiger partial charge is 0.472 e. The zero-order valence-electron chi connectivity index (χ0n) is 18.1. The van der Waals surface area contributed by atoms with E-state index in [9.17, 15) is 10.1 Å². The number of amides is 1. The predicted molar refractivity (Wildman–Crippen MR) is 124 cm³/mol. The Balaban J connectivity index is 1.40. The molecule has 3 aromatic rings. The molecule has 1 saturated carbocycles. The number of hydrogen-bond acceptors (Lipinski definition) is 7. The third kappa shape index (κ3) is 3.90. The smallest absolute Gasteiger partial charge is 0.246 e. The number of anilines is 2. The van der Waals surface area contributed by atoms with Crippen molar-refractivity contribution in [3.63, 3.8) is 0 Å². The van der Waals surface area contributed by atoms with Gasteiger partial charge < -0.3 is 15.0 Å². The lowest BCUT2D eigenvalue weighted by molar-refractivity contribution is -0.125. The molecule has 0 unspecified atom stereocenters. The van der Waals surface area contributed by atoms with Crippen molar-refractivity contribution < 1.29 is 13.9 Å². The zero-order chi connectivity index (χ0) is 23.9. The average Bonchev–Trinajstić information content (AvgIpc) is 3.51. The number of carbonyl (C=O) groups is 1. The van der Waals surface area contributed by atoms with Gasteiger partial charge in [0.05, 0.1) is 34.3 Å². The van der Waals surface area contributed by atoms with E-state index in [1.807, 2.05) is 0 Å². The molecule has 8 nitrogen and oxygen atoms in total. The number of nitriles is 1. The van der Waals surface area contributed by atoms with Crippen LogP contribution in [0.1, 0.15) is 24.8 Å². The van der Waals surface area contributed by atoms with Crippen LogP contribution in [0.4, 0.5) is 15.9 Å². The van der Waals surface area contributed by atoms with Gasteiger partial charge >= 0.3 is 0 Å². The first-order valence-corrected chi connectivity index (χ1v) is 11.2. The monoisotopic (exact) mass is 478 g/mol. The number of aromatic nitrogens is 3. The first-order chi connectivity index (χ1) is 16.4. The summed E-state index contributed by atoms with van der Waals surface area (Å²) in [5, 5.41) is 12.3. The normalized spacial score (nSPS) is 18.4. The van der Waals surface area contributed by atoms with Gasteiger partial charge in [0.2, 0.25) is 11.8 Å². The molecule has 0 radical (unpaired) electrons. The number of rotatable bonds is 6. The molecule has 1 saturated heterocycles. The lowest BCUT2D eigenvalue weighted by Crippen LogP contribution is -2.29. The van der Waals surface area contributed by atoms with Gasteiger partial charge in [-0.05, 0) is 36.6 Å². The van der Waals surface area contributed by atoms with Crippen molar-refractivity contribution in [2.24, 2.45) is 0 Å². The number of ether oxygens (including phenoxy) is 1. The summed E-state index contributed by atoms with van der Waals surface area (Å²) in [5.41, 5.74) is 0.862. The molecular weight excluding hydrogens is 459 g/mol. The molecule has 2 aliphatic rings. The molecule has 1 aliphatic carbocycles. The minimum absolute atomic E-state index is 0.0701. The van der Waals surface area contributed by atoms with E-state index in [1.165, 1.54) is 12.4 Å². The summed E-state index contributed by atoms with van der Waals surface area (Å²) in [7, 11) is 0. The number of nitrogens with zero attached hydrogens (tertiary/aromatic N) is 5. The number of fused-ring (bicyclic) bond motifs is 1. The molecule has 3 heterocycles. The van der Waals surface area contributed by atoms with E-state index in [4.69, 9.17) is 16.3 Å². The van der Waals surface area contributed by atoms with E-state index in [1.54, 1.807) is 29.2 Å². The molecule has 2 aromatic heterocycles. The van der Waals surface area contributed by atoms with Crippen LogP contribution in [0.25, 0.3) is 11.0 Å². The van der Waals surface area contributed by atoms with Crippen LogP contribution < -0.4 is 10.1 Å². The molecule has 34 heavy (non-hydrogen) atoms. The van der Waals surface area contributed by atoms with Gasteiger partial charge in [-0.1, -0.05) is 24.2 Å². The minimum atomic E-state index is -0.696. The van der Waals surface area contributed by atoms with Crippen LogP contribution in [-0.4, -0.2) is 45.0 Å². The topological polar surface area (TPSA) is 104 Å². The summed E-state index contributed by atoms with van der Waals surface area (Å²) in [5.74, 6) is -0.152. The molecule has 10 heteroatoms. The summed E-state index contributed by atoms with van der Waals surface area (Å²) in [6.45, 7) is 4.54. The molecule has 172 valence electrons. The third-order valence-electron chi connectivity index (χ3n) is 6.19. The van der Waals surface area contributed by atoms with Crippen LogP contribution in [0.3, 0.4) is 0 Å². The molecule has 2 fully saturated rings. The molecule has 5 rings (SSSR count). The van der Waals surface area contributed by atoms with Crippen LogP contribution in [0, 0.1) is 17.1 Å². The summed E-state index contributed by atoms with van der Waals surface area (Å²) in [4.78, 5) is 26.4. The SMILES string of the molecule is C=CC(=O)N1CC[C@H](Oc2ccc3ncnc(Nc4ccc(C5(C#N)CC5)c(Cl)c4F)c3n2)C1. The molecule has 1 amide bonds. The summed E-state index contributed by atoms with van der Waals surface area (Å²) in [6.07, 6.45) is 4.45. The number of hydrogen-bond donors (Lipinski definition) is 1. The highest BCUT2D eigenvalue weighted by Crippen LogP contribution is 2.51. The Morgan fingerprint density at radius 3 is 2.91 bits per heavy atom. The molecule has 1 atom stereocenters. The van der Waals surface area contributed by atoms with Crippen LogP contribution in [-0.2, 0) is 10.2 Å². The minimum Gasteiger partial charge on any atom is -0.472 e. The lowest BCUT2D eigenvalue weighted by atomic mass is 9.97. The highest BCUT2D eigenvalue weighted by atomic mass is 35.5. The van der Waals surface area contributed by atoms with E-state index in [0.717, 1.165) is 0 Å². The number of likely N-dealkylation sites (tertiary alicyclic amines) is 1. The number of carbonyl (C=O) groups excluding carboxylic acids is 1. The lowest BCUT2D eigenvalue weighted by Gasteiger charge is -2.16. The maximum atomic E-state index is 15.1. The Kier molecular flexibility index (Phi) is 5.54. The Bertz CT molecular complexity index is 1350. The fourth-order valence-electron chi connectivity index (χ4n) is 4.11. The molecule has 1 N–H and O–H groups in total. The van der Waals surface area contributed by atoms with E-state index in [0.29, 0.717) is 54.8 Å². The number of nitrogens with one attached hydrogen (secondary N) is 1. The van der Waals surface area contributed by atoms with Crippen LogP contribution in [0.15, 0.2) is 43.2 Å². The Hall–Kier alpha value is -3.77. The van der Waals surface area contributed by atoms with Gasteiger partial charge in [-0.25, -0.2) is 19.3 Å². The highest BCUT2D eigenvalue weighted by molar-refractivity contribution is 6.32. The zero-order valence-corrected chi connectivity index (χ0v) is 18.8. The van der Waals surface area contributed by atoms with Crippen LogP contribution in [0.5, 0.6) is 5.88 Å². The van der Waals surface area contributed by atoms with Gasteiger partial charge in [0.15, 0.2) is 11.6 Å². The molecule has 1 aliphatic heterocycles. The maximum Gasteiger partial charge on any atom is 0.246 e. The number of halogens is 2. The van der Waals surface area contributed by atoms with Gasteiger partial charge in [-0.15, -0.1) is 0 Å². The predicted octanol–water partition coefficient (Wildman–Crippen LogP) is 4.28. The maximum absolute atomic E-state index is 15.1. The van der Waals surface area contributed by atoms with Crippen molar-refractivity contribution >= 4 is 40.0 Å². The van der Waals surface area contributed by atoms with Crippen molar-refractivity contribution in [1.82, 2.24) is 19.9 Å². The summed E-state index contributed by atoms with van der Waals surface area (Å²) in [6, 6.07) is 8.89. The average molecular weight is 479 g/mol. The fraction of sp³-hybridized carbons (Fsp3) is 0.292. The quantitative estimate of drug-likeness (QED) is 0.527.